The number of carbonyl (C=O) groups excluding carboxylic acids is 2. The largest absolute Gasteiger partial charge is 0.476 e. The van der Waals surface area contributed by atoms with Crippen LogP contribution in [0.3, 0.4) is 0 Å². The van der Waals surface area contributed by atoms with Crippen molar-refractivity contribution in [1.29, 1.82) is 0 Å². The highest BCUT2D eigenvalue weighted by molar-refractivity contribution is 6.33. The maximum absolute atomic E-state index is 13.2. The van der Waals surface area contributed by atoms with E-state index in [4.69, 9.17) is 20.8 Å². The number of hydrogen-bond acceptors (Lipinski definition) is 4. The quantitative estimate of drug-likeness (QED) is 0.652. The normalized spacial score (nSPS) is 15.4. The van der Waals surface area contributed by atoms with Crippen molar-refractivity contribution in [3.05, 3.63) is 71.4 Å². The molecular formula is C22H19ClN2O4. The first kappa shape index (κ1) is 19.1. The molecule has 3 aromatic rings. The minimum Gasteiger partial charge on any atom is -0.476 e. The molecule has 1 atom stereocenters. The van der Waals surface area contributed by atoms with Crippen LogP contribution in [0, 0.1) is 0 Å². The van der Waals surface area contributed by atoms with Crippen LogP contribution < -0.4 is 9.64 Å². The molecule has 4 rings (SSSR count). The molecule has 0 saturated carbocycles. The van der Waals surface area contributed by atoms with Crippen molar-refractivity contribution in [2.45, 2.75) is 6.10 Å². The lowest BCUT2D eigenvalue weighted by molar-refractivity contribution is -0.135. The molecule has 0 unspecified atom stereocenters. The number of carbonyl (C=O) groups is 2. The molecule has 2 aromatic carbocycles. The number of rotatable bonds is 3. The minimum absolute atomic E-state index is 0.0922. The van der Waals surface area contributed by atoms with Gasteiger partial charge in [-0.2, -0.15) is 0 Å². The van der Waals surface area contributed by atoms with Crippen LogP contribution in [0.4, 0.5) is 5.69 Å². The molecule has 7 heteroatoms. The van der Waals surface area contributed by atoms with E-state index in [0.717, 1.165) is 0 Å². The van der Waals surface area contributed by atoms with Gasteiger partial charge in [0.2, 0.25) is 0 Å². The lowest BCUT2D eigenvalue weighted by Crippen LogP contribution is -2.50. The second-order valence-corrected chi connectivity index (χ2v) is 7.27. The molecule has 1 aliphatic heterocycles. The van der Waals surface area contributed by atoms with Crippen molar-refractivity contribution in [2.24, 2.45) is 0 Å². The maximum atomic E-state index is 13.2. The van der Waals surface area contributed by atoms with Gasteiger partial charge in [-0.25, -0.2) is 0 Å². The Morgan fingerprint density at radius 1 is 1.03 bits per heavy atom. The van der Waals surface area contributed by atoms with Crippen LogP contribution in [0.25, 0.3) is 11.3 Å². The van der Waals surface area contributed by atoms with E-state index in [9.17, 15) is 9.59 Å². The lowest BCUT2D eigenvalue weighted by atomic mass is 10.1. The van der Waals surface area contributed by atoms with Gasteiger partial charge in [-0.1, -0.05) is 35.9 Å². The number of benzene rings is 2. The fourth-order valence-electron chi connectivity index (χ4n) is 3.23. The number of halogens is 1. The molecule has 0 fully saturated rings. The number of amides is 2. The number of likely N-dealkylation sites (N-methyl/N-ethyl adjacent to an activating group) is 1. The number of fused-ring (bicyclic) bond motifs is 1. The first-order chi connectivity index (χ1) is 14.0. The molecule has 0 aliphatic carbocycles. The van der Waals surface area contributed by atoms with E-state index in [2.05, 4.69) is 0 Å². The summed E-state index contributed by atoms with van der Waals surface area (Å²) >= 11 is 6.23. The Balaban J connectivity index is 1.67. The Labute approximate surface area is 173 Å². The van der Waals surface area contributed by atoms with Crippen molar-refractivity contribution in [3.63, 3.8) is 0 Å². The average Bonchev–Trinajstić information content (AvgIpc) is 3.22. The minimum atomic E-state index is -0.790. The van der Waals surface area contributed by atoms with E-state index < -0.39 is 6.10 Å². The third-order valence-corrected chi connectivity index (χ3v) is 5.02. The Morgan fingerprint density at radius 2 is 1.76 bits per heavy atom. The summed E-state index contributed by atoms with van der Waals surface area (Å²) in [6, 6.07) is 17.7. The molecule has 0 radical (unpaired) electrons. The second-order valence-electron chi connectivity index (χ2n) is 6.87. The molecule has 2 heterocycles. The Kier molecular flexibility index (Phi) is 5.03. The number of ether oxygens (including phenoxy) is 1. The van der Waals surface area contributed by atoms with Gasteiger partial charge in [-0.05, 0) is 36.4 Å². The van der Waals surface area contributed by atoms with Crippen LogP contribution in [0.1, 0.15) is 10.6 Å². The highest BCUT2D eigenvalue weighted by atomic mass is 35.5. The van der Waals surface area contributed by atoms with Crippen LogP contribution in [0.15, 0.2) is 65.1 Å². The van der Waals surface area contributed by atoms with Gasteiger partial charge < -0.3 is 14.1 Å². The summed E-state index contributed by atoms with van der Waals surface area (Å²) in [6.45, 7) is 0.0922. The fraction of sp³-hybridized carbons (Fsp3) is 0.182. The van der Waals surface area contributed by atoms with Crippen LogP contribution in [0.5, 0.6) is 5.75 Å². The summed E-state index contributed by atoms with van der Waals surface area (Å²) in [6.07, 6.45) is -0.790. The topological polar surface area (TPSA) is 63.0 Å². The van der Waals surface area contributed by atoms with E-state index in [0.29, 0.717) is 27.8 Å². The van der Waals surface area contributed by atoms with Crippen LogP contribution in [-0.2, 0) is 4.79 Å². The molecule has 0 bridgehead atoms. The number of anilines is 1. The summed E-state index contributed by atoms with van der Waals surface area (Å²) in [7, 11) is 3.31. The van der Waals surface area contributed by atoms with Crippen molar-refractivity contribution < 1.29 is 18.7 Å². The molecular weight excluding hydrogens is 392 g/mol. The predicted molar refractivity (Wildman–Crippen MR) is 110 cm³/mol. The summed E-state index contributed by atoms with van der Waals surface area (Å²) < 4.78 is 11.6. The highest BCUT2D eigenvalue weighted by Gasteiger charge is 2.35. The number of hydrogen-bond donors (Lipinski definition) is 0. The standard InChI is InChI=1S/C22H19ClN2O4/c1-24(2)21(26)20-13-25(16-9-5-6-10-18(16)29-20)22(27)19-12-11-17(28-19)14-7-3-4-8-15(14)23/h3-12,20H,13H2,1-2H3/t20-/m1/s1. The first-order valence-electron chi connectivity index (χ1n) is 9.09. The van der Waals surface area contributed by atoms with Crippen molar-refractivity contribution in [3.8, 4) is 17.1 Å². The van der Waals surface area contributed by atoms with Crippen molar-refractivity contribution in [2.75, 3.05) is 25.5 Å². The molecule has 6 nitrogen and oxygen atoms in total. The van der Waals surface area contributed by atoms with Crippen molar-refractivity contribution >= 4 is 29.1 Å². The molecule has 0 saturated heterocycles. The van der Waals surface area contributed by atoms with Gasteiger partial charge in [0.1, 0.15) is 11.5 Å². The molecule has 2 amide bonds. The maximum Gasteiger partial charge on any atom is 0.294 e. The van der Waals surface area contributed by atoms with Gasteiger partial charge in [0.25, 0.3) is 11.8 Å². The highest BCUT2D eigenvalue weighted by Crippen LogP contribution is 2.35. The Hall–Kier alpha value is -3.25. The van der Waals surface area contributed by atoms with E-state index in [1.807, 2.05) is 24.3 Å². The Bertz CT molecular complexity index is 1080. The first-order valence-corrected chi connectivity index (χ1v) is 9.47. The Morgan fingerprint density at radius 3 is 2.52 bits per heavy atom. The monoisotopic (exact) mass is 410 g/mol. The third kappa shape index (κ3) is 3.59. The van der Waals surface area contributed by atoms with Crippen LogP contribution in [-0.4, -0.2) is 43.5 Å². The van der Waals surface area contributed by atoms with Gasteiger partial charge >= 0.3 is 0 Å². The van der Waals surface area contributed by atoms with E-state index in [1.54, 1.807) is 50.5 Å². The fourth-order valence-corrected chi connectivity index (χ4v) is 3.46. The smallest absolute Gasteiger partial charge is 0.294 e. The molecule has 1 aromatic heterocycles. The molecule has 1 aliphatic rings. The van der Waals surface area contributed by atoms with Gasteiger partial charge in [-0.15, -0.1) is 0 Å². The van der Waals surface area contributed by atoms with Crippen molar-refractivity contribution in [1.82, 2.24) is 4.90 Å². The van der Waals surface area contributed by atoms with Crippen LogP contribution >= 0.6 is 11.6 Å². The SMILES string of the molecule is CN(C)C(=O)[C@H]1CN(C(=O)c2ccc(-c3ccccc3Cl)o2)c2ccccc2O1. The zero-order chi connectivity index (χ0) is 20.5. The zero-order valence-corrected chi connectivity index (χ0v) is 16.7. The van der Waals surface area contributed by atoms with E-state index in [1.165, 1.54) is 9.80 Å². The predicted octanol–water partition coefficient (Wildman–Crippen LogP) is 4.10. The molecule has 148 valence electrons. The summed E-state index contributed by atoms with van der Waals surface area (Å²) in [5.41, 5.74) is 1.30. The van der Waals surface area contributed by atoms with Gasteiger partial charge in [0.05, 0.1) is 17.3 Å². The molecule has 29 heavy (non-hydrogen) atoms. The molecule has 0 N–H and O–H groups in total. The number of para-hydroxylation sites is 2. The van der Waals surface area contributed by atoms with E-state index >= 15 is 0 Å². The van der Waals surface area contributed by atoms with Gasteiger partial charge in [-0.3, -0.25) is 14.5 Å². The summed E-state index contributed by atoms with van der Waals surface area (Å²) in [4.78, 5) is 28.7. The van der Waals surface area contributed by atoms with E-state index in [-0.39, 0.29) is 24.1 Å². The lowest BCUT2D eigenvalue weighted by Gasteiger charge is -2.34. The number of furan rings is 1. The molecule has 0 spiro atoms. The zero-order valence-electron chi connectivity index (χ0n) is 16.0. The van der Waals surface area contributed by atoms with Gasteiger partial charge in [0, 0.05) is 19.7 Å². The average molecular weight is 411 g/mol. The van der Waals surface area contributed by atoms with Gasteiger partial charge in [0.15, 0.2) is 11.9 Å². The number of nitrogens with zero attached hydrogens (tertiary/aromatic N) is 2. The third-order valence-electron chi connectivity index (χ3n) is 4.69. The second kappa shape index (κ2) is 7.64. The summed E-state index contributed by atoms with van der Waals surface area (Å²) in [5.74, 6) is 0.573. The van der Waals surface area contributed by atoms with Crippen LogP contribution in [0.2, 0.25) is 5.02 Å². The summed E-state index contributed by atoms with van der Waals surface area (Å²) in [5, 5.41) is 0.536.